The molecule has 6 heteroatoms. The summed E-state index contributed by atoms with van der Waals surface area (Å²) >= 11 is 6.72. The Morgan fingerprint density at radius 2 is 2.21 bits per heavy atom. The second-order valence-electron chi connectivity index (χ2n) is 3.84. The van der Waals surface area contributed by atoms with Gasteiger partial charge in [0, 0.05) is 6.20 Å². The fraction of sp³-hybridized carbons (Fsp3) is 0.154. The molecule has 0 aliphatic rings. The number of hydrogen-bond acceptors (Lipinski definition) is 4. The van der Waals surface area contributed by atoms with E-state index in [0.717, 1.165) is 5.56 Å². The lowest BCUT2D eigenvalue weighted by Gasteiger charge is -2.05. The Bertz CT molecular complexity index is 625. The highest BCUT2D eigenvalue weighted by Crippen LogP contribution is 2.26. The first-order valence-corrected chi connectivity index (χ1v) is 6.94. The summed E-state index contributed by atoms with van der Waals surface area (Å²) in [7, 11) is 0. The zero-order valence-corrected chi connectivity index (χ0v) is 11.7. The predicted molar refractivity (Wildman–Crippen MR) is 76.1 cm³/mol. The highest BCUT2D eigenvalue weighted by molar-refractivity contribution is 7.14. The zero-order chi connectivity index (χ0) is 13.8. The van der Waals surface area contributed by atoms with Crippen molar-refractivity contribution in [3.8, 4) is 0 Å². The smallest absolute Gasteiger partial charge is 0.239 e. The van der Waals surface area contributed by atoms with Crippen molar-refractivity contribution in [1.82, 2.24) is 4.98 Å². The van der Waals surface area contributed by atoms with Crippen LogP contribution in [-0.4, -0.2) is 22.6 Å². The van der Waals surface area contributed by atoms with E-state index in [4.69, 9.17) is 11.6 Å². The van der Waals surface area contributed by atoms with Crippen molar-refractivity contribution in [1.29, 1.82) is 0 Å². The van der Waals surface area contributed by atoms with Gasteiger partial charge in [-0.1, -0.05) is 6.07 Å². The van der Waals surface area contributed by atoms with E-state index < -0.39 is 0 Å². The Balaban J connectivity index is 2.33. The fourth-order valence-corrected chi connectivity index (χ4v) is 2.46. The van der Waals surface area contributed by atoms with Gasteiger partial charge in [-0.25, -0.2) is 0 Å². The van der Waals surface area contributed by atoms with Crippen LogP contribution in [-0.2, 0) is 4.79 Å². The third-order valence-electron chi connectivity index (χ3n) is 2.51. The molecule has 2 aromatic heterocycles. The van der Waals surface area contributed by atoms with Gasteiger partial charge in [0.05, 0.1) is 5.56 Å². The minimum absolute atomic E-state index is 0.145. The van der Waals surface area contributed by atoms with Crippen LogP contribution in [0, 0.1) is 6.92 Å². The summed E-state index contributed by atoms with van der Waals surface area (Å²) in [4.78, 5) is 27.8. The molecule has 1 N–H and O–H groups in total. The van der Waals surface area contributed by atoms with Crippen molar-refractivity contribution in [2.75, 3.05) is 11.2 Å². The first kappa shape index (κ1) is 13.7. The van der Waals surface area contributed by atoms with Crippen LogP contribution >= 0.6 is 22.9 Å². The molecule has 2 aromatic rings. The number of nitrogens with zero attached hydrogens (tertiary/aromatic N) is 1. The van der Waals surface area contributed by atoms with Crippen molar-refractivity contribution in [2.24, 2.45) is 0 Å². The summed E-state index contributed by atoms with van der Waals surface area (Å²) in [5, 5.41) is 4.86. The number of aryl methyl sites for hydroxylation is 1. The van der Waals surface area contributed by atoms with Crippen LogP contribution in [0.15, 0.2) is 29.8 Å². The Hall–Kier alpha value is -1.72. The molecule has 0 aliphatic carbocycles. The maximum absolute atomic E-state index is 12.4. The number of anilines is 1. The standard InChI is InChI=1S/C13H11ClN2O2S/c1-8-3-2-5-15-11(8)12(18)9-4-6-19-13(9)16-10(17)7-14/h2-6H,7H2,1H3,(H,16,17). The normalized spacial score (nSPS) is 10.2. The monoisotopic (exact) mass is 294 g/mol. The first-order valence-electron chi connectivity index (χ1n) is 5.53. The van der Waals surface area contributed by atoms with Crippen LogP contribution in [0.25, 0.3) is 0 Å². The van der Waals surface area contributed by atoms with E-state index in [9.17, 15) is 9.59 Å². The molecular weight excluding hydrogens is 284 g/mol. The summed E-state index contributed by atoms with van der Waals surface area (Å²) in [5.74, 6) is -0.686. The maximum Gasteiger partial charge on any atom is 0.239 e. The van der Waals surface area contributed by atoms with E-state index in [-0.39, 0.29) is 17.6 Å². The Morgan fingerprint density at radius 1 is 1.42 bits per heavy atom. The number of aromatic nitrogens is 1. The maximum atomic E-state index is 12.4. The van der Waals surface area contributed by atoms with E-state index in [1.54, 1.807) is 23.7 Å². The molecular formula is C13H11ClN2O2S. The van der Waals surface area contributed by atoms with Crippen LogP contribution in [0.4, 0.5) is 5.00 Å². The number of carbonyl (C=O) groups is 2. The van der Waals surface area contributed by atoms with Crippen LogP contribution in [0.2, 0.25) is 0 Å². The van der Waals surface area contributed by atoms with Gasteiger partial charge < -0.3 is 5.32 Å². The lowest BCUT2D eigenvalue weighted by molar-refractivity contribution is -0.113. The number of rotatable bonds is 4. The van der Waals surface area contributed by atoms with Crippen molar-refractivity contribution >= 4 is 39.6 Å². The predicted octanol–water partition coefficient (Wildman–Crippen LogP) is 2.86. The Kier molecular flexibility index (Phi) is 4.29. The summed E-state index contributed by atoms with van der Waals surface area (Å²) < 4.78 is 0. The SMILES string of the molecule is Cc1cccnc1C(=O)c1ccsc1NC(=O)CCl. The number of amides is 1. The van der Waals surface area contributed by atoms with Gasteiger partial charge in [-0.2, -0.15) is 0 Å². The average Bonchev–Trinajstić information content (AvgIpc) is 2.86. The second-order valence-corrected chi connectivity index (χ2v) is 5.03. The molecule has 4 nitrogen and oxygen atoms in total. The molecule has 0 fully saturated rings. The molecule has 0 atom stereocenters. The molecule has 0 spiro atoms. The highest BCUT2D eigenvalue weighted by atomic mass is 35.5. The van der Waals surface area contributed by atoms with Crippen LogP contribution in [0.5, 0.6) is 0 Å². The second kappa shape index (κ2) is 5.95. The van der Waals surface area contributed by atoms with Crippen molar-refractivity contribution in [2.45, 2.75) is 6.92 Å². The molecule has 0 radical (unpaired) electrons. The van der Waals surface area contributed by atoms with Crippen LogP contribution in [0.1, 0.15) is 21.6 Å². The van der Waals surface area contributed by atoms with Gasteiger partial charge >= 0.3 is 0 Å². The molecule has 98 valence electrons. The van der Waals surface area contributed by atoms with E-state index in [1.165, 1.54) is 11.3 Å². The molecule has 2 rings (SSSR count). The summed E-state index contributed by atoms with van der Waals surface area (Å²) in [5.41, 5.74) is 1.63. The molecule has 19 heavy (non-hydrogen) atoms. The molecule has 1 amide bonds. The number of nitrogens with one attached hydrogen (secondary N) is 1. The number of hydrogen-bond donors (Lipinski definition) is 1. The van der Waals surface area contributed by atoms with Gasteiger partial charge in [0.25, 0.3) is 0 Å². The third kappa shape index (κ3) is 3.00. The molecule has 0 saturated heterocycles. The van der Waals surface area contributed by atoms with Crippen molar-refractivity contribution < 1.29 is 9.59 Å². The lowest BCUT2D eigenvalue weighted by Crippen LogP contribution is -2.15. The summed E-state index contributed by atoms with van der Waals surface area (Å²) in [6, 6.07) is 5.27. The molecule has 0 bridgehead atoms. The number of thiophene rings is 1. The minimum Gasteiger partial charge on any atom is -0.316 e. The van der Waals surface area contributed by atoms with Crippen LogP contribution < -0.4 is 5.32 Å². The van der Waals surface area contributed by atoms with Gasteiger partial charge in [-0.15, -0.1) is 22.9 Å². The van der Waals surface area contributed by atoms with Gasteiger partial charge in [0.15, 0.2) is 0 Å². The van der Waals surface area contributed by atoms with Gasteiger partial charge in [-0.3, -0.25) is 14.6 Å². The quantitative estimate of drug-likeness (QED) is 0.697. The van der Waals surface area contributed by atoms with E-state index >= 15 is 0 Å². The first-order chi connectivity index (χ1) is 9.13. The largest absolute Gasteiger partial charge is 0.316 e. The van der Waals surface area contributed by atoms with Gasteiger partial charge in [0.1, 0.15) is 16.6 Å². The van der Waals surface area contributed by atoms with Crippen LogP contribution in [0.3, 0.4) is 0 Å². The number of ketones is 1. The highest BCUT2D eigenvalue weighted by Gasteiger charge is 2.18. The summed E-state index contributed by atoms with van der Waals surface area (Å²) in [6.45, 7) is 1.82. The minimum atomic E-state index is -0.337. The van der Waals surface area contributed by atoms with Gasteiger partial charge in [-0.05, 0) is 30.0 Å². The Morgan fingerprint density at radius 3 is 2.89 bits per heavy atom. The van der Waals surface area contributed by atoms with E-state index in [1.807, 2.05) is 13.0 Å². The van der Waals surface area contributed by atoms with Gasteiger partial charge in [0.2, 0.25) is 11.7 Å². The number of pyridine rings is 1. The lowest BCUT2D eigenvalue weighted by atomic mass is 10.1. The number of alkyl halides is 1. The van der Waals surface area contributed by atoms with Crippen molar-refractivity contribution in [3.63, 3.8) is 0 Å². The average molecular weight is 295 g/mol. The Labute approximate surface area is 119 Å². The fourth-order valence-electron chi connectivity index (χ4n) is 1.60. The van der Waals surface area contributed by atoms with Crippen molar-refractivity contribution in [3.05, 3.63) is 46.6 Å². The van der Waals surface area contributed by atoms with E-state index in [2.05, 4.69) is 10.3 Å². The number of halogens is 1. The third-order valence-corrected chi connectivity index (χ3v) is 3.58. The zero-order valence-electron chi connectivity index (χ0n) is 10.1. The molecule has 0 saturated carbocycles. The summed E-state index contributed by atoms with van der Waals surface area (Å²) in [6.07, 6.45) is 1.57. The topological polar surface area (TPSA) is 59.1 Å². The van der Waals surface area contributed by atoms with E-state index in [0.29, 0.717) is 16.3 Å². The molecule has 2 heterocycles. The number of carbonyl (C=O) groups excluding carboxylic acids is 2. The molecule has 0 aliphatic heterocycles. The molecule has 0 unspecified atom stereocenters. The molecule has 0 aromatic carbocycles.